The van der Waals surface area contributed by atoms with Crippen LogP contribution in [-0.2, 0) is 13.1 Å². The number of rotatable bonds is 5. The Kier molecular flexibility index (Phi) is 4.27. The van der Waals surface area contributed by atoms with E-state index >= 15 is 0 Å². The molecule has 112 valence electrons. The summed E-state index contributed by atoms with van der Waals surface area (Å²) in [5.41, 5.74) is 0.831. The largest absolute Gasteiger partial charge is 0.361 e. The quantitative estimate of drug-likeness (QED) is 0.678. The van der Waals surface area contributed by atoms with Crippen LogP contribution < -0.4 is 5.32 Å². The normalized spacial score (nSPS) is 10.9. The van der Waals surface area contributed by atoms with Crippen molar-refractivity contribution in [1.29, 1.82) is 0 Å². The zero-order valence-electron chi connectivity index (χ0n) is 11.4. The van der Waals surface area contributed by atoms with Crippen molar-refractivity contribution < 1.29 is 18.2 Å². The smallest absolute Gasteiger partial charge is 0.305 e. The zero-order chi connectivity index (χ0) is 15.6. The lowest BCUT2D eigenvalue weighted by atomic mass is 10.1. The van der Waals surface area contributed by atoms with Gasteiger partial charge in [0.05, 0.1) is 10.6 Å². The van der Waals surface area contributed by atoms with Gasteiger partial charge in [0.1, 0.15) is 11.6 Å². The lowest BCUT2D eigenvalue weighted by Crippen LogP contribution is -2.15. The predicted octanol–water partition coefficient (Wildman–Crippen LogP) is 2.77. The second-order valence-corrected chi connectivity index (χ2v) is 4.56. The fourth-order valence-corrected chi connectivity index (χ4v) is 1.93. The van der Waals surface area contributed by atoms with E-state index in [9.17, 15) is 18.9 Å². The van der Waals surface area contributed by atoms with E-state index in [4.69, 9.17) is 4.52 Å². The maximum Gasteiger partial charge on any atom is 0.305 e. The topological polar surface area (TPSA) is 81.2 Å². The third-order valence-electron chi connectivity index (χ3n) is 3.11. The van der Waals surface area contributed by atoms with E-state index in [-0.39, 0.29) is 12.1 Å². The zero-order valence-corrected chi connectivity index (χ0v) is 11.4. The van der Waals surface area contributed by atoms with E-state index < -0.39 is 22.2 Å². The molecule has 0 aliphatic rings. The molecule has 1 heterocycles. The Balaban J connectivity index is 2.10. The lowest BCUT2D eigenvalue weighted by molar-refractivity contribution is -0.387. The third-order valence-corrected chi connectivity index (χ3v) is 3.11. The summed E-state index contributed by atoms with van der Waals surface area (Å²) in [6.07, 6.45) is 0. The third kappa shape index (κ3) is 3.22. The molecule has 0 saturated heterocycles. The molecule has 0 spiro atoms. The first-order valence-electron chi connectivity index (χ1n) is 6.15. The maximum absolute atomic E-state index is 13.6. The number of nitrogens with zero attached hydrogens (tertiary/aromatic N) is 2. The van der Waals surface area contributed by atoms with Gasteiger partial charge in [-0.15, -0.1) is 0 Å². The average Bonchev–Trinajstić information content (AvgIpc) is 2.72. The monoisotopic (exact) mass is 297 g/mol. The van der Waals surface area contributed by atoms with Crippen molar-refractivity contribution in [2.45, 2.75) is 26.9 Å². The van der Waals surface area contributed by atoms with Gasteiger partial charge in [0.25, 0.3) is 0 Å². The molecule has 1 N–H and O–H groups in total. The molecule has 0 unspecified atom stereocenters. The van der Waals surface area contributed by atoms with Gasteiger partial charge in [0.2, 0.25) is 5.82 Å². The summed E-state index contributed by atoms with van der Waals surface area (Å²) >= 11 is 0. The van der Waals surface area contributed by atoms with Gasteiger partial charge in [-0.1, -0.05) is 5.16 Å². The average molecular weight is 297 g/mol. The van der Waals surface area contributed by atoms with Crippen molar-refractivity contribution in [2.75, 3.05) is 0 Å². The Morgan fingerprint density at radius 2 is 2.00 bits per heavy atom. The molecule has 0 aliphatic heterocycles. The number of aryl methyl sites for hydroxylation is 2. The minimum absolute atomic E-state index is 0.0230. The van der Waals surface area contributed by atoms with Crippen molar-refractivity contribution in [3.8, 4) is 0 Å². The van der Waals surface area contributed by atoms with Crippen LogP contribution in [0.3, 0.4) is 0 Å². The van der Waals surface area contributed by atoms with E-state index in [0.717, 1.165) is 11.6 Å². The van der Waals surface area contributed by atoms with E-state index in [1.807, 2.05) is 0 Å². The molecular formula is C13H13F2N3O3. The van der Waals surface area contributed by atoms with Gasteiger partial charge in [-0.05, 0) is 13.8 Å². The van der Waals surface area contributed by atoms with Gasteiger partial charge >= 0.3 is 5.69 Å². The van der Waals surface area contributed by atoms with Crippen LogP contribution in [0.15, 0.2) is 16.7 Å². The second kappa shape index (κ2) is 5.96. The second-order valence-electron chi connectivity index (χ2n) is 4.56. The molecule has 2 aromatic rings. The highest BCUT2D eigenvalue weighted by Gasteiger charge is 2.18. The summed E-state index contributed by atoms with van der Waals surface area (Å²) in [7, 11) is 0. The van der Waals surface area contributed by atoms with Crippen LogP contribution in [0.5, 0.6) is 0 Å². The maximum atomic E-state index is 13.6. The van der Waals surface area contributed by atoms with Crippen molar-refractivity contribution in [3.05, 3.63) is 56.5 Å². The van der Waals surface area contributed by atoms with Crippen LogP contribution in [0.4, 0.5) is 14.5 Å². The van der Waals surface area contributed by atoms with Gasteiger partial charge < -0.3 is 9.84 Å². The van der Waals surface area contributed by atoms with Gasteiger partial charge in [-0.25, -0.2) is 4.39 Å². The van der Waals surface area contributed by atoms with Crippen LogP contribution in [0, 0.1) is 35.6 Å². The van der Waals surface area contributed by atoms with Gasteiger partial charge in [0, 0.05) is 36.3 Å². The number of hydrogen-bond donors (Lipinski definition) is 1. The molecule has 0 saturated carbocycles. The fourth-order valence-electron chi connectivity index (χ4n) is 1.93. The standard InChI is InChI=1S/C13H13F2N3O3/c1-7-10(8(2)21-17-7)6-16-5-9-3-13(18(19)20)12(15)4-11(9)14/h3-4,16H,5-6H2,1-2H3. The van der Waals surface area contributed by atoms with Crippen LogP contribution in [0.2, 0.25) is 0 Å². The molecule has 1 aromatic carbocycles. The van der Waals surface area contributed by atoms with E-state index in [2.05, 4.69) is 10.5 Å². The molecule has 0 fully saturated rings. The molecule has 0 bridgehead atoms. The Labute approximate surface area is 118 Å². The van der Waals surface area contributed by atoms with E-state index in [1.54, 1.807) is 13.8 Å². The number of benzene rings is 1. The van der Waals surface area contributed by atoms with E-state index in [1.165, 1.54) is 0 Å². The molecule has 0 radical (unpaired) electrons. The summed E-state index contributed by atoms with van der Waals surface area (Å²) in [6.45, 7) is 3.92. The van der Waals surface area contributed by atoms with Crippen LogP contribution in [0.25, 0.3) is 0 Å². The fraction of sp³-hybridized carbons (Fsp3) is 0.308. The van der Waals surface area contributed by atoms with Gasteiger partial charge in [0.15, 0.2) is 0 Å². The molecule has 21 heavy (non-hydrogen) atoms. The van der Waals surface area contributed by atoms with Crippen molar-refractivity contribution in [3.63, 3.8) is 0 Å². The number of nitro groups is 1. The molecule has 2 rings (SSSR count). The van der Waals surface area contributed by atoms with Crippen LogP contribution in [0.1, 0.15) is 22.6 Å². The van der Waals surface area contributed by atoms with Crippen molar-refractivity contribution in [2.24, 2.45) is 0 Å². The first-order valence-corrected chi connectivity index (χ1v) is 6.15. The minimum atomic E-state index is -1.19. The molecule has 0 aliphatic carbocycles. The Bertz CT molecular complexity index is 666. The highest BCUT2D eigenvalue weighted by molar-refractivity contribution is 5.37. The molecule has 0 atom stereocenters. The number of aromatic nitrogens is 1. The summed E-state index contributed by atoms with van der Waals surface area (Å²) in [6, 6.07) is 1.41. The number of nitro benzene ring substituents is 1. The number of nitrogens with one attached hydrogen (secondary N) is 1. The highest BCUT2D eigenvalue weighted by Crippen LogP contribution is 2.21. The van der Waals surface area contributed by atoms with Crippen LogP contribution in [-0.4, -0.2) is 10.1 Å². The van der Waals surface area contributed by atoms with Crippen molar-refractivity contribution in [1.82, 2.24) is 10.5 Å². The highest BCUT2D eigenvalue weighted by atomic mass is 19.1. The van der Waals surface area contributed by atoms with Gasteiger partial charge in [-0.2, -0.15) is 4.39 Å². The Morgan fingerprint density at radius 3 is 2.57 bits per heavy atom. The molecule has 6 nitrogen and oxygen atoms in total. The first kappa shape index (κ1) is 15.0. The predicted molar refractivity (Wildman–Crippen MR) is 69.5 cm³/mol. The summed E-state index contributed by atoms with van der Waals surface area (Å²) < 4.78 is 31.8. The molecular weight excluding hydrogens is 284 g/mol. The number of halogens is 2. The Morgan fingerprint density at radius 1 is 1.29 bits per heavy atom. The Hall–Kier alpha value is -2.35. The molecule has 8 heteroatoms. The SMILES string of the molecule is Cc1noc(C)c1CNCc1cc([N+](=O)[O-])c(F)cc1F. The van der Waals surface area contributed by atoms with Crippen molar-refractivity contribution >= 4 is 5.69 Å². The molecule has 0 amide bonds. The summed E-state index contributed by atoms with van der Waals surface area (Å²) in [5.74, 6) is -1.37. The molecule has 1 aromatic heterocycles. The first-order chi connectivity index (χ1) is 9.90. The number of hydrogen-bond acceptors (Lipinski definition) is 5. The summed E-state index contributed by atoms with van der Waals surface area (Å²) in [5, 5.41) is 17.3. The van der Waals surface area contributed by atoms with E-state index in [0.29, 0.717) is 24.1 Å². The summed E-state index contributed by atoms with van der Waals surface area (Å²) in [4.78, 5) is 9.75. The lowest BCUT2D eigenvalue weighted by Gasteiger charge is -2.06. The van der Waals surface area contributed by atoms with Crippen LogP contribution >= 0.6 is 0 Å². The van der Waals surface area contributed by atoms with Gasteiger partial charge in [-0.3, -0.25) is 10.1 Å². The minimum Gasteiger partial charge on any atom is -0.361 e.